The van der Waals surface area contributed by atoms with Gasteiger partial charge in [0.15, 0.2) is 5.65 Å². The molecule has 0 saturated carbocycles. The third-order valence-electron chi connectivity index (χ3n) is 6.14. The molecule has 1 aliphatic rings. The fraction of sp³-hybridized carbons (Fsp3) is 0.304. The lowest BCUT2D eigenvalue weighted by molar-refractivity contribution is -0.136. The van der Waals surface area contributed by atoms with E-state index in [1.165, 1.54) is 28.3 Å². The van der Waals surface area contributed by atoms with Gasteiger partial charge in [-0.05, 0) is 44.2 Å². The minimum atomic E-state index is -4.78. The minimum absolute atomic E-state index is 0.0592. The zero-order chi connectivity index (χ0) is 26.5. The van der Waals surface area contributed by atoms with Gasteiger partial charge in [0.2, 0.25) is 5.82 Å². The molecule has 1 aliphatic heterocycles. The van der Waals surface area contributed by atoms with Crippen LogP contribution in [-0.2, 0) is 6.18 Å². The van der Waals surface area contributed by atoms with Crippen molar-refractivity contribution >= 4 is 17.5 Å². The molecule has 0 bridgehead atoms. The van der Waals surface area contributed by atoms with Crippen LogP contribution in [0.3, 0.4) is 0 Å². The van der Waals surface area contributed by atoms with Gasteiger partial charge < -0.3 is 9.80 Å². The largest absolute Gasteiger partial charge is 0.420 e. The highest BCUT2D eigenvalue weighted by Crippen LogP contribution is 2.35. The predicted molar refractivity (Wildman–Crippen MR) is 121 cm³/mol. The van der Waals surface area contributed by atoms with Gasteiger partial charge in [-0.25, -0.2) is 18.9 Å². The molecule has 0 spiro atoms. The Kier molecular flexibility index (Phi) is 5.68. The lowest BCUT2D eigenvalue weighted by atomic mass is 9.98. The summed E-state index contributed by atoms with van der Waals surface area (Å²) in [6.45, 7) is 3.95. The van der Waals surface area contributed by atoms with Crippen molar-refractivity contribution in [1.29, 1.82) is 0 Å². The van der Waals surface area contributed by atoms with E-state index in [2.05, 4.69) is 25.3 Å². The van der Waals surface area contributed by atoms with Crippen molar-refractivity contribution in [2.24, 2.45) is 0 Å². The van der Waals surface area contributed by atoms with Crippen LogP contribution < -0.4 is 0 Å². The van der Waals surface area contributed by atoms with Crippen molar-refractivity contribution in [2.75, 3.05) is 19.6 Å². The number of rotatable bonds is 3. The molecule has 10 nitrogen and oxygen atoms in total. The van der Waals surface area contributed by atoms with Crippen LogP contribution >= 0.6 is 0 Å². The maximum Gasteiger partial charge on any atom is 0.420 e. The topological polar surface area (TPSA) is 112 Å². The highest BCUT2D eigenvalue weighted by atomic mass is 19.4. The second-order valence-corrected chi connectivity index (χ2v) is 9.17. The quantitative estimate of drug-likeness (QED) is 0.419. The van der Waals surface area contributed by atoms with Crippen molar-refractivity contribution in [2.45, 2.75) is 25.6 Å². The second-order valence-electron chi connectivity index (χ2n) is 9.17. The van der Waals surface area contributed by atoms with E-state index in [1.54, 1.807) is 13.8 Å². The van der Waals surface area contributed by atoms with E-state index in [9.17, 15) is 27.2 Å². The third kappa shape index (κ3) is 4.49. The lowest BCUT2D eigenvalue weighted by Gasteiger charge is -2.46. The van der Waals surface area contributed by atoms with E-state index in [0.717, 1.165) is 28.9 Å². The van der Waals surface area contributed by atoms with Crippen LogP contribution in [0.1, 0.15) is 40.5 Å². The first-order valence-corrected chi connectivity index (χ1v) is 11.1. The first-order valence-electron chi connectivity index (χ1n) is 11.1. The number of hydrogen-bond acceptors (Lipinski definition) is 6. The van der Waals surface area contributed by atoms with Gasteiger partial charge in [-0.3, -0.25) is 14.7 Å². The normalized spacial score (nSPS) is 15.8. The van der Waals surface area contributed by atoms with Gasteiger partial charge in [0.25, 0.3) is 11.8 Å². The number of imidazole rings is 1. The standard InChI is InChI=1S/C23H20F4N8O2/c1-22(2)11-33(21(37)18-28-12-29-31-18)7-8-34(22)20(36)17-10-35-19(30-17)15(23(25,26)27)9-16(32-35)13-3-5-14(24)6-4-13/h3-6,9-10,12H,7-8,11H2,1-2H3,(H,28,29,31). The summed E-state index contributed by atoms with van der Waals surface area (Å²) in [5.41, 5.74) is -2.49. The molecule has 37 heavy (non-hydrogen) atoms. The molecule has 14 heteroatoms. The number of hydrogen-bond donors (Lipinski definition) is 1. The summed E-state index contributed by atoms with van der Waals surface area (Å²) in [5, 5.41) is 10.4. The summed E-state index contributed by atoms with van der Waals surface area (Å²) in [6.07, 6.45) is -2.43. The number of halogens is 4. The SMILES string of the molecule is CC1(C)CN(C(=O)c2ncn[nH]2)CCN1C(=O)c1cn2nc(-c3ccc(F)cc3)cc(C(F)(F)F)c2n1. The number of benzene rings is 1. The molecule has 1 saturated heterocycles. The lowest BCUT2D eigenvalue weighted by Crippen LogP contribution is -2.62. The van der Waals surface area contributed by atoms with Crippen LogP contribution in [-0.4, -0.2) is 76.6 Å². The van der Waals surface area contributed by atoms with Gasteiger partial charge in [0.1, 0.15) is 23.4 Å². The Balaban J connectivity index is 1.47. The van der Waals surface area contributed by atoms with Crippen LogP contribution in [0.25, 0.3) is 16.9 Å². The number of aromatic nitrogens is 6. The first kappa shape index (κ1) is 24.3. The summed E-state index contributed by atoms with van der Waals surface area (Å²) < 4.78 is 56.0. The molecule has 1 fully saturated rings. The fourth-order valence-corrected chi connectivity index (χ4v) is 4.35. The van der Waals surface area contributed by atoms with Gasteiger partial charge in [-0.15, -0.1) is 0 Å². The van der Waals surface area contributed by atoms with Gasteiger partial charge in [-0.2, -0.15) is 23.4 Å². The number of amides is 2. The van der Waals surface area contributed by atoms with Crippen molar-refractivity contribution in [3.63, 3.8) is 0 Å². The number of carbonyl (C=O) groups excluding carboxylic acids is 2. The summed E-state index contributed by atoms with van der Waals surface area (Å²) in [5.74, 6) is -1.45. The number of alkyl halides is 3. The molecule has 192 valence electrons. The number of carbonyl (C=O) groups is 2. The van der Waals surface area contributed by atoms with E-state index < -0.39 is 34.7 Å². The van der Waals surface area contributed by atoms with Crippen molar-refractivity contribution < 1.29 is 27.2 Å². The van der Waals surface area contributed by atoms with Crippen molar-refractivity contribution in [3.05, 3.63) is 65.8 Å². The molecule has 0 atom stereocenters. The smallest absolute Gasteiger partial charge is 0.332 e. The Morgan fingerprint density at radius 3 is 2.43 bits per heavy atom. The van der Waals surface area contributed by atoms with Crippen molar-refractivity contribution in [1.82, 2.24) is 39.6 Å². The minimum Gasteiger partial charge on any atom is -0.332 e. The third-order valence-corrected chi connectivity index (χ3v) is 6.14. The average molecular weight is 516 g/mol. The molecular formula is C23H20F4N8O2. The summed E-state index contributed by atoms with van der Waals surface area (Å²) >= 11 is 0. The number of nitrogens with one attached hydrogen (secondary N) is 1. The molecule has 4 heterocycles. The van der Waals surface area contributed by atoms with E-state index in [1.807, 2.05) is 0 Å². The number of aromatic amines is 1. The van der Waals surface area contributed by atoms with Crippen LogP contribution in [0.2, 0.25) is 0 Å². The number of fused-ring (bicyclic) bond motifs is 1. The second kappa shape index (κ2) is 8.64. The molecule has 5 rings (SSSR count). The first-order chi connectivity index (χ1) is 17.4. The zero-order valence-corrected chi connectivity index (χ0v) is 19.6. The Morgan fingerprint density at radius 2 is 1.81 bits per heavy atom. The van der Waals surface area contributed by atoms with Crippen LogP contribution in [0.5, 0.6) is 0 Å². The monoisotopic (exact) mass is 516 g/mol. The number of nitrogens with zero attached hydrogens (tertiary/aromatic N) is 7. The predicted octanol–water partition coefficient (Wildman–Crippen LogP) is 3.05. The van der Waals surface area contributed by atoms with Gasteiger partial charge in [0, 0.05) is 25.2 Å². The summed E-state index contributed by atoms with van der Waals surface area (Å²) in [7, 11) is 0. The van der Waals surface area contributed by atoms with Gasteiger partial charge >= 0.3 is 6.18 Å². The van der Waals surface area contributed by atoms with Crippen LogP contribution in [0, 0.1) is 5.82 Å². The maximum atomic E-state index is 13.9. The number of H-pyrrole nitrogens is 1. The number of piperazine rings is 1. The van der Waals surface area contributed by atoms with Gasteiger partial charge in [-0.1, -0.05) is 0 Å². The average Bonchev–Trinajstić information content (AvgIpc) is 3.52. The Labute approximate surface area is 206 Å². The molecule has 0 radical (unpaired) electrons. The van der Waals surface area contributed by atoms with Gasteiger partial charge in [0.05, 0.1) is 17.4 Å². The molecular weight excluding hydrogens is 496 g/mol. The fourth-order valence-electron chi connectivity index (χ4n) is 4.35. The molecule has 0 aliphatic carbocycles. The van der Waals surface area contributed by atoms with E-state index in [0.29, 0.717) is 0 Å². The summed E-state index contributed by atoms with van der Waals surface area (Å²) in [4.78, 5) is 36.9. The zero-order valence-electron chi connectivity index (χ0n) is 19.6. The molecule has 3 aromatic heterocycles. The van der Waals surface area contributed by atoms with Crippen molar-refractivity contribution in [3.8, 4) is 11.3 Å². The molecule has 1 N–H and O–H groups in total. The Morgan fingerprint density at radius 1 is 1.08 bits per heavy atom. The molecule has 4 aromatic rings. The van der Waals surface area contributed by atoms with Crippen LogP contribution in [0.15, 0.2) is 42.9 Å². The maximum absolute atomic E-state index is 13.9. The summed E-state index contributed by atoms with van der Waals surface area (Å²) in [6, 6.07) is 5.68. The highest BCUT2D eigenvalue weighted by molar-refractivity contribution is 5.94. The van der Waals surface area contributed by atoms with E-state index >= 15 is 0 Å². The van der Waals surface area contributed by atoms with E-state index in [-0.39, 0.29) is 48.3 Å². The molecule has 1 aromatic carbocycles. The van der Waals surface area contributed by atoms with E-state index in [4.69, 9.17) is 0 Å². The Bertz CT molecular complexity index is 1480. The van der Waals surface area contributed by atoms with Crippen LogP contribution in [0.4, 0.5) is 17.6 Å². The Hall–Kier alpha value is -4.36. The highest BCUT2D eigenvalue weighted by Gasteiger charge is 2.41. The molecule has 2 amide bonds. The molecule has 0 unspecified atom stereocenters.